The normalized spacial score (nSPS) is 14.1. The monoisotopic (exact) mass is 372 g/mol. The van der Waals surface area contributed by atoms with Crippen LogP contribution in [-0.4, -0.2) is 17.5 Å². The second kappa shape index (κ2) is 5.71. The maximum Gasteiger partial charge on any atom is 0.265 e. The molecular weight excluding hydrogens is 364 g/mol. The Morgan fingerprint density at radius 2 is 2.35 bits per heavy atom. The molecule has 2 aromatic rings. The van der Waals surface area contributed by atoms with Crippen LogP contribution < -0.4 is 9.64 Å². The number of ether oxygens (including phenoxy) is 1. The molecule has 1 aromatic carbocycles. The Kier molecular flexibility index (Phi) is 3.96. The number of nitrogens with zero attached hydrogens (tertiary/aromatic N) is 2. The van der Waals surface area contributed by atoms with Crippen LogP contribution in [-0.2, 0) is 17.2 Å². The van der Waals surface area contributed by atoms with Gasteiger partial charge in [-0.3, -0.25) is 9.69 Å². The summed E-state index contributed by atoms with van der Waals surface area (Å²) in [6.07, 6.45) is 0. The van der Waals surface area contributed by atoms with Crippen molar-refractivity contribution >= 4 is 50.5 Å². The van der Waals surface area contributed by atoms with Gasteiger partial charge in [-0.15, -0.1) is 22.9 Å². The first-order chi connectivity index (χ1) is 9.67. The Morgan fingerprint density at radius 1 is 1.50 bits per heavy atom. The van der Waals surface area contributed by atoms with E-state index in [-0.39, 0.29) is 12.5 Å². The molecule has 0 bridgehead atoms. The van der Waals surface area contributed by atoms with Gasteiger partial charge in [-0.2, -0.15) is 0 Å². The molecule has 0 radical (unpaired) electrons. The summed E-state index contributed by atoms with van der Waals surface area (Å²) in [4.78, 5) is 18.2. The molecule has 1 aliphatic rings. The molecule has 0 saturated heterocycles. The molecule has 0 saturated carbocycles. The van der Waals surface area contributed by atoms with Gasteiger partial charge in [-0.05, 0) is 18.2 Å². The van der Waals surface area contributed by atoms with E-state index in [9.17, 15) is 4.79 Å². The highest BCUT2D eigenvalue weighted by molar-refractivity contribution is 9.10. The second-order valence-corrected chi connectivity index (χ2v) is 6.37. The van der Waals surface area contributed by atoms with Crippen LogP contribution in [0.1, 0.15) is 10.7 Å². The van der Waals surface area contributed by atoms with Crippen LogP contribution >= 0.6 is 38.9 Å². The Hall–Kier alpha value is -1.11. The van der Waals surface area contributed by atoms with E-state index in [1.54, 1.807) is 4.90 Å². The van der Waals surface area contributed by atoms with Crippen molar-refractivity contribution in [3.63, 3.8) is 0 Å². The minimum absolute atomic E-state index is 0.0579. The number of aromatic nitrogens is 1. The van der Waals surface area contributed by atoms with Gasteiger partial charge in [0.1, 0.15) is 10.8 Å². The van der Waals surface area contributed by atoms with E-state index in [4.69, 9.17) is 16.3 Å². The van der Waals surface area contributed by atoms with Crippen LogP contribution in [0, 0.1) is 0 Å². The average Bonchev–Trinajstić information content (AvgIpc) is 2.90. The summed E-state index contributed by atoms with van der Waals surface area (Å²) in [7, 11) is 0. The molecule has 1 aliphatic heterocycles. The largest absolute Gasteiger partial charge is 0.482 e. The molecule has 0 N–H and O–H groups in total. The van der Waals surface area contributed by atoms with Crippen LogP contribution in [0.5, 0.6) is 5.75 Å². The first kappa shape index (κ1) is 13.9. The van der Waals surface area contributed by atoms with Crippen LogP contribution in [0.15, 0.2) is 28.1 Å². The zero-order chi connectivity index (χ0) is 14.1. The molecular formula is C13H10BrClN2O2S. The van der Waals surface area contributed by atoms with Gasteiger partial charge < -0.3 is 4.74 Å². The zero-order valence-electron chi connectivity index (χ0n) is 10.3. The molecule has 104 valence electrons. The van der Waals surface area contributed by atoms with E-state index in [0.29, 0.717) is 18.2 Å². The molecule has 7 heteroatoms. The summed E-state index contributed by atoms with van der Waals surface area (Å²) in [6.45, 7) is 0.496. The minimum atomic E-state index is -0.0711. The van der Waals surface area contributed by atoms with Crippen LogP contribution in [0.25, 0.3) is 0 Å². The van der Waals surface area contributed by atoms with E-state index in [0.717, 1.165) is 20.9 Å². The van der Waals surface area contributed by atoms with Crippen molar-refractivity contribution in [2.24, 2.45) is 0 Å². The van der Waals surface area contributed by atoms with Gasteiger partial charge in [-0.25, -0.2) is 4.98 Å². The number of halogens is 2. The lowest BCUT2D eigenvalue weighted by atomic mass is 10.2. The number of hydrogen-bond acceptors (Lipinski definition) is 4. The third-order valence-electron chi connectivity index (χ3n) is 2.89. The Bertz CT molecular complexity index is 662. The molecule has 2 heterocycles. The van der Waals surface area contributed by atoms with Gasteiger partial charge in [0.05, 0.1) is 23.8 Å². The van der Waals surface area contributed by atoms with E-state index in [1.807, 2.05) is 23.6 Å². The lowest BCUT2D eigenvalue weighted by Crippen LogP contribution is -2.38. The summed E-state index contributed by atoms with van der Waals surface area (Å²) >= 11 is 10.7. The summed E-state index contributed by atoms with van der Waals surface area (Å²) in [5, 5.41) is 2.77. The number of anilines is 1. The summed E-state index contributed by atoms with van der Waals surface area (Å²) in [6, 6.07) is 5.62. The molecule has 0 spiro atoms. The van der Waals surface area contributed by atoms with Gasteiger partial charge in [0.2, 0.25) is 0 Å². The van der Waals surface area contributed by atoms with Gasteiger partial charge in [0, 0.05) is 9.85 Å². The smallest absolute Gasteiger partial charge is 0.265 e. The SMILES string of the molecule is O=C1COc2ccc(Br)cc2N1Cc1nc(CCl)cs1. The molecule has 1 amide bonds. The van der Waals surface area contributed by atoms with E-state index >= 15 is 0 Å². The fourth-order valence-electron chi connectivity index (χ4n) is 1.97. The first-order valence-corrected chi connectivity index (χ1v) is 8.10. The van der Waals surface area contributed by atoms with Crippen molar-refractivity contribution in [2.75, 3.05) is 11.5 Å². The molecule has 0 atom stereocenters. The number of amides is 1. The topological polar surface area (TPSA) is 42.4 Å². The first-order valence-electron chi connectivity index (χ1n) is 5.89. The van der Waals surface area contributed by atoms with Crippen LogP contribution in [0.2, 0.25) is 0 Å². The quantitative estimate of drug-likeness (QED) is 0.773. The van der Waals surface area contributed by atoms with Crippen molar-refractivity contribution < 1.29 is 9.53 Å². The van der Waals surface area contributed by atoms with Gasteiger partial charge in [0.25, 0.3) is 5.91 Å². The maximum absolute atomic E-state index is 12.1. The minimum Gasteiger partial charge on any atom is -0.482 e. The average molecular weight is 374 g/mol. The van der Waals surface area contributed by atoms with Crippen molar-refractivity contribution in [3.8, 4) is 5.75 Å². The van der Waals surface area contributed by atoms with Crippen molar-refractivity contribution in [2.45, 2.75) is 12.4 Å². The number of benzene rings is 1. The van der Waals surface area contributed by atoms with Crippen LogP contribution in [0.4, 0.5) is 5.69 Å². The molecule has 0 aliphatic carbocycles. The number of carbonyl (C=O) groups excluding carboxylic acids is 1. The lowest BCUT2D eigenvalue weighted by molar-refractivity contribution is -0.121. The van der Waals surface area contributed by atoms with Crippen molar-refractivity contribution in [1.29, 1.82) is 0 Å². The number of fused-ring (bicyclic) bond motifs is 1. The Balaban J connectivity index is 1.92. The van der Waals surface area contributed by atoms with Gasteiger partial charge in [0.15, 0.2) is 6.61 Å². The Morgan fingerprint density at radius 3 is 3.10 bits per heavy atom. The number of thiazole rings is 1. The molecule has 0 unspecified atom stereocenters. The third kappa shape index (κ3) is 2.68. The van der Waals surface area contributed by atoms with E-state index in [2.05, 4.69) is 20.9 Å². The highest BCUT2D eigenvalue weighted by Gasteiger charge is 2.26. The predicted molar refractivity (Wildman–Crippen MR) is 82.5 cm³/mol. The fourth-order valence-corrected chi connectivity index (χ4v) is 3.33. The van der Waals surface area contributed by atoms with E-state index in [1.165, 1.54) is 11.3 Å². The standard InChI is InChI=1S/C13H10BrClN2O2S/c14-8-1-2-11-10(3-8)17(13(18)6-19-11)5-12-16-9(4-15)7-20-12/h1-3,7H,4-6H2. The molecule has 3 rings (SSSR count). The molecule has 0 fully saturated rings. The van der Waals surface area contributed by atoms with Gasteiger partial charge in [-0.1, -0.05) is 15.9 Å². The number of alkyl halides is 1. The molecule has 20 heavy (non-hydrogen) atoms. The summed E-state index contributed by atoms with van der Waals surface area (Å²) in [5.74, 6) is 1.02. The van der Waals surface area contributed by atoms with E-state index < -0.39 is 0 Å². The number of carbonyl (C=O) groups is 1. The highest BCUT2D eigenvalue weighted by atomic mass is 79.9. The second-order valence-electron chi connectivity index (χ2n) is 4.25. The number of rotatable bonds is 3. The molecule has 1 aromatic heterocycles. The Labute approximate surface area is 133 Å². The molecule has 4 nitrogen and oxygen atoms in total. The maximum atomic E-state index is 12.1. The summed E-state index contributed by atoms with van der Waals surface area (Å²) < 4.78 is 6.34. The van der Waals surface area contributed by atoms with Crippen molar-refractivity contribution in [3.05, 3.63) is 38.8 Å². The van der Waals surface area contributed by atoms with Crippen molar-refractivity contribution in [1.82, 2.24) is 4.98 Å². The fraction of sp³-hybridized carbons (Fsp3) is 0.231. The van der Waals surface area contributed by atoms with Crippen LogP contribution in [0.3, 0.4) is 0 Å². The zero-order valence-corrected chi connectivity index (χ0v) is 13.5. The van der Waals surface area contributed by atoms with Gasteiger partial charge >= 0.3 is 0 Å². The highest BCUT2D eigenvalue weighted by Crippen LogP contribution is 2.35. The lowest BCUT2D eigenvalue weighted by Gasteiger charge is -2.28. The predicted octanol–water partition coefficient (Wildman–Crippen LogP) is 3.57. The third-order valence-corrected chi connectivity index (χ3v) is 4.54. The summed E-state index contributed by atoms with van der Waals surface area (Å²) in [5.41, 5.74) is 1.60. The number of hydrogen-bond donors (Lipinski definition) is 0.